The van der Waals surface area contributed by atoms with Crippen LogP contribution in [-0.4, -0.2) is 17.0 Å². The molecule has 0 aromatic carbocycles. The van der Waals surface area contributed by atoms with Gasteiger partial charge in [-0.25, -0.2) is 0 Å². The molecule has 2 aliphatic carbocycles. The zero-order valence-corrected chi connectivity index (χ0v) is 12.3. The van der Waals surface area contributed by atoms with Crippen LogP contribution in [0.2, 0.25) is 0 Å². The molecular weight excluding hydrogens is 224 g/mol. The third-order valence-corrected chi connectivity index (χ3v) is 6.58. The average molecular weight is 252 g/mol. The zero-order valence-electron chi connectivity index (χ0n) is 12.3. The van der Waals surface area contributed by atoms with Gasteiger partial charge in [-0.2, -0.15) is 0 Å². The van der Waals surface area contributed by atoms with Crippen LogP contribution in [0.15, 0.2) is 0 Å². The summed E-state index contributed by atoms with van der Waals surface area (Å²) in [5, 5.41) is 9.94. The Labute approximate surface area is 111 Å². The summed E-state index contributed by atoms with van der Waals surface area (Å²) >= 11 is 0. The van der Waals surface area contributed by atoms with Gasteiger partial charge in [0.25, 0.3) is 0 Å². The molecule has 0 radical (unpaired) electrons. The number of hydrogen-bond acceptors (Lipinski definition) is 2. The maximum Gasteiger partial charge on any atom is 0.155 e. The van der Waals surface area contributed by atoms with Crippen LogP contribution in [0.25, 0.3) is 0 Å². The quantitative estimate of drug-likeness (QED) is 0.712. The summed E-state index contributed by atoms with van der Waals surface area (Å²) in [6.45, 7) is 9.60. The summed E-state index contributed by atoms with van der Waals surface area (Å²) in [5.74, 6) is 1.34. The molecule has 0 amide bonds. The molecule has 18 heavy (non-hydrogen) atoms. The van der Waals surface area contributed by atoms with Crippen LogP contribution in [0.5, 0.6) is 0 Å². The van der Waals surface area contributed by atoms with E-state index in [0.29, 0.717) is 16.7 Å². The van der Waals surface area contributed by atoms with Crippen LogP contribution < -0.4 is 0 Å². The number of ether oxygens (including phenoxy) is 1. The van der Waals surface area contributed by atoms with Crippen LogP contribution >= 0.6 is 0 Å². The highest BCUT2D eigenvalue weighted by Crippen LogP contribution is 2.65. The first-order valence-corrected chi connectivity index (χ1v) is 7.64. The van der Waals surface area contributed by atoms with E-state index < -0.39 is 6.29 Å². The fourth-order valence-electron chi connectivity index (χ4n) is 5.83. The molecule has 1 aliphatic heterocycles. The van der Waals surface area contributed by atoms with E-state index in [9.17, 15) is 5.11 Å². The monoisotopic (exact) mass is 252 g/mol. The number of aliphatic hydroxyl groups excluding tert-OH is 1. The SMILES string of the molecule is CC1(C)CCC[C@]2(C)[C@H]3C[C@H](O)O[C@]3(C)CC[C@@H]12. The van der Waals surface area contributed by atoms with Crippen LogP contribution in [0, 0.1) is 22.7 Å². The number of fused-ring (bicyclic) bond motifs is 3. The Morgan fingerprint density at radius 3 is 2.44 bits per heavy atom. The van der Waals surface area contributed by atoms with Gasteiger partial charge in [0.2, 0.25) is 0 Å². The number of rotatable bonds is 0. The fourth-order valence-corrected chi connectivity index (χ4v) is 5.83. The summed E-state index contributed by atoms with van der Waals surface area (Å²) in [7, 11) is 0. The highest BCUT2D eigenvalue weighted by atomic mass is 16.6. The van der Waals surface area contributed by atoms with Crippen molar-refractivity contribution in [1.29, 1.82) is 0 Å². The Bertz CT molecular complexity index is 351. The van der Waals surface area contributed by atoms with Gasteiger partial charge in [0, 0.05) is 6.42 Å². The van der Waals surface area contributed by atoms with Crippen molar-refractivity contribution in [3.05, 3.63) is 0 Å². The molecule has 3 rings (SSSR count). The standard InChI is InChI=1S/C16H28O2/c1-14(2)7-5-8-15(3)11(14)6-9-16(4)12(15)10-13(17)18-16/h11-13,17H,5-10H2,1-4H3/t11-,12+,13+,15-,16+/m0/s1. The summed E-state index contributed by atoms with van der Waals surface area (Å²) in [6, 6.07) is 0. The van der Waals surface area contributed by atoms with E-state index >= 15 is 0 Å². The Hall–Kier alpha value is -0.0800. The van der Waals surface area contributed by atoms with Gasteiger partial charge in [-0.15, -0.1) is 0 Å². The highest BCUT2D eigenvalue weighted by Gasteiger charge is 2.61. The van der Waals surface area contributed by atoms with Crippen molar-refractivity contribution in [1.82, 2.24) is 0 Å². The van der Waals surface area contributed by atoms with Gasteiger partial charge in [0.15, 0.2) is 6.29 Å². The molecule has 0 aromatic heterocycles. The van der Waals surface area contributed by atoms with Gasteiger partial charge >= 0.3 is 0 Å². The molecule has 0 bridgehead atoms. The molecule has 3 fully saturated rings. The van der Waals surface area contributed by atoms with Gasteiger partial charge in [-0.05, 0) is 55.3 Å². The van der Waals surface area contributed by atoms with Crippen LogP contribution in [-0.2, 0) is 4.74 Å². The third-order valence-electron chi connectivity index (χ3n) is 6.58. The second-order valence-corrected chi connectivity index (χ2v) is 8.11. The smallest absolute Gasteiger partial charge is 0.155 e. The Balaban J connectivity index is 1.98. The first kappa shape index (κ1) is 12.9. The number of aliphatic hydroxyl groups is 1. The molecule has 5 atom stereocenters. The minimum absolute atomic E-state index is 0.0713. The lowest BCUT2D eigenvalue weighted by atomic mass is 9.45. The topological polar surface area (TPSA) is 29.5 Å². The Kier molecular flexibility index (Phi) is 2.68. The molecule has 0 aromatic rings. The van der Waals surface area contributed by atoms with Gasteiger partial charge in [0.1, 0.15) is 0 Å². The van der Waals surface area contributed by atoms with Crippen molar-refractivity contribution in [3.8, 4) is 0 Å². The molecule has 1 heterocycles. The summed E-state index contributed by atoms with van der Waals surface area (Å²) in [5.41, 5.74) is 0.756. The lowest BCUT2D eigenvalue weighted by Gasteiger charge is -2.60. The molecule has 2 heteroatoms. The van der Waals surface area contributed by atoms with Gasteiger partial charge < -0.3 is 9.84 Å². The normalized spacial score (nSPS) is 54.8. The largest absolute Gasteiger partial charge is 0.368 e. The summed E-state index contributed by atoms with van der Waals surface area (Å²) < 4.78 is 5.89. The van der Waals surface area contributed by atoms with E-state index in [1.807, 2.05) is 0 Å². The molecule has 2 nitrogen and oxygen atoms in total. The molecule has 104 valence electrons. The van der Waals surface area contributed by atoms with Gasteiger partial charge in [-0.3, -0.25) is 0 Å². The van der Waals surface area contributed by atoms with Crippen molar-refractivity contribution in [2.45, 2.75) is 78.1 Å². The molecule has 0 unspecified atom stereocenters. The second-order valence-electron chi connectivity index (χ2n) is 8.11. The lowest BCUT2D eigenvalue weighted by molar-refractivity contribution is -0.181. The van der Waals surface area contributed by atoms with Crippen LogP contribution in [0.3, 0.4) is 0 Å². The van der Waals surface area contributed by atoms with Gasteiger partial charge in [0.05, 0.1) is 5.60 Å². The van der Waals surface area contributed by atoms with Crippen molar-refractivity contribution >= 4 is 0 Å². The Morgan fingerprint density at radius 2 is 1.72 bits per heavy atom. The van der Waals surface area contributed by atoms with E-state index in [-0.39, 0.29) is 5.60 Å². The Morgan fingerprint density at radius 1 is 1.00 bits per heavy atom. The first-order chi connectivity index (χ1) is 8.28. The van der Waals surface area contributed by atoms with Crippen molar-refractivity contribution in [3.63, 3.8) is 0 Å². The van der Waals surface area contributed by atoms with Crippen molar-refractivity contribution in [2.75, 3.05) is 0 Å². The molecule has 1 saturated heterocycles. The van der Waals surface area contributed by atoms with Crippen LogP contribution in [0.4, 0.5) is 0 Å². The van der Waals surface area contributed by atoms with E-state index in [2.05, 4.69) is 27.7 Å². The van der Waals surface area contributed by atoms with Gasteiger partial charge in [-0.1, -0.05) is 27.2 Å². The average Bonchev–Trinajstić information content (AvgIpc) is 2.53. The molecule has 1 N–H and O–H groups in total. The predicted octanol–water partition coefficient (Wildman–Crippen LogP) is 3.73. The van der Waals surface area contributed by atoms with E-state index in [1.54, 1.807) is 0 Å². The van der Waals surface area contributed by atoms with Crippen molar-refractivity contribution < 1.29 is 9.84 Å². The zero-order chi connectivity index (χ0) is 13.2. The summed E-state index contributed by atoms with van der Waals surface area (Å²) in [6.07, 6.45) is 6.72. The maximum atomic E-state index is 9.94. The van der Waals surface area contributed by atoms with Crippen molar-refractivity contribution in [2.24, 2.45) is 22.7 Å². The second kappa shape index (κ2) is 3.73. The van der Waals surface area contributed by atoms with E-state index in [0.717, 1.165) is 18.8 Å². The molecule has 0 spiro atoms. The van der Waals surface area contributed by atoms with Crippen LogP contribution in [0.1, 0.15) is 66.2 Å². The minimum atomic E-state index is -0.527. The van der Waals surface area contributed by atoms with E-state index in [4.69, 9.17) is 4.74 Å². The molecule has 2 saturated carbocycles. The lowest BCUT2D eigenvalue weighted by Crippen LogP contribution is -2.55. The summed E-state index contributed by atoms with van der Waals surface area (Å²) in [4.78, 5) is 0. The fraction of sp³-hybridized carbons (Fsp3) is 1.00. The molecular formula is C16H28O2. The minimum Gasteiger partial charge on any atom is -0.368 e. The number of hydrogen-bond donors (Lipinski definition) is 1. The van der Waals surface area contributed by atoms with E-state index in [1.165, 1.54) is 25.7 Å². The highest BCUT2D eigenvalue weighted by molar-refractivity contribution is 5.10. The first-order valence-electron chi connectivity index (χ1n) is 7.64. The maximum absolute atomic E-state index is 9.94. The third kappa shape index (κ3) is 1.61. The predicted molar refractivity (Wildman–Crippen MR) is 72.1 cm³/mol. The molecule has 3 aliphatic rings.